The molecule has 0 aliphatic carbocycles. The molecule has 25 heavy (non-hydrogen) atoms. The van der Waals surface area contributed by atoms with Crippen molar-refractivity contribution < 1.29 is 19.0 Å². The zero-order valence-electron chi connectivity index (χ0n) is 15.4. The Morgan fingerprint density at radius 1 is 1.08 bits per heavy atom. The molecule has 0 spiro atoms. The van der Waals surface area contributed by atoms with Crippen molar-refractivity contribution in [2.24, 2.45) is 0 Å². The molecule has 136 valence electrons. The minimum Gasteiger partial charge on any atom is -0.493 e. The molecule has 7 heteroatoms. The molecule has 0 saturated carbocycles. The van der Waals surface area contributed by atoms with E-state index < -0.39 is 0 Å². The maximum Gasteiger partial charge on any atom is 0.251 e. The van der Waals surface area contributed by atoms with Gasteiger partial charge in [0.1, 0.15) is 0 Å². The largest absolute Gasteiger partial charge is 0.493 e. The van der Waals surface area contributed by atoms with Crippen molar-refractivity contribution in [2.45, 2.75) is 26.8 Å². The van der Waals surface area contributed by atoms with Crippen LogP contribution < -0.4 is 19.5 Å². The van der Waals surface area contributed by atoms with Gasteiger partial charge < -0.3 is 19.5 Å². The summed E-state index contributed by atoms with van der Waals surface area (Å²) in [6.07, 6.45) is 0.790. The Morgan fingerprint density at radius 3 is 2.20 bits per heavy atom. The molecule has 0 unspecified atom stereocenters. The minimum atomic E-state index is -0.187. The molecule has 1 heterocycles. The molecular weight excluding hydrogens is 322 g/mol. The molecule has 2 aromatic rings. The van der Waals surface area contributed by atoms with Crippen LogP contribution in [-0.4, -0.2) is 43.6 Å². The van der Waals surface area contributed by atoms with Gasteiger partial charge in [-0.1, -0.05) is 0 Å². The lowest BCUT2D eigenvalue weighted by Gasteiger charge is -2.14. The van der Waals surface area contributed by atoms with Crippen LogP contribution in [0.3, 0.4) is 0 Å². The maximum atomic E-state index is 12.4. The smallest absolute Gasteiger partial charge is 0.251 e. The van der Waals surface area contributed by atoms with Crippen LogP contribution in [0.4, 0.5) is 0 Å². The van der Waals surface area contributed by atoms with Gasteiger partial charge in [-0.25, -0.2) is 0 Å². The van der Waals surface area contributed by atoms with E-state index in [1.165, 1.54) is 21.3 Å². The highest BCUT2D eigenvalue weighted by atomic mass is 16.5. The van der Waals surface area contributed by atoms with E-state index in [1.807, 2.05) is 24.6 Å². The van der Waals surface area contributed by atoms with Gasteiger partial charge in [-0.3, -0.25) is 9.48 Å². The van der Waals surface area contributed by atoms with Crippen LogP contribution in [0.2, 0.25) is 0 Å². The van der Waals surface area contributed by atoms with Gasteiger partial charge in [-0.2, -0.15) is 5.10 Å². The Hall–Kier alpha value is -2.70. The Kier molecular flexibility index (Phi) is 6.27. The summed E-state index contributed by atoms with van der Waals surface area (Å²) in [5, 5.41) is 7.31. The molecule has 1 aromatic carbocycles. The summed E-state index contributed by atoms with van der Waals surface area (Å²) < 4.78 is 17.8. The lowest BCUT2D eigenvalue weighted by Crippen LogP contribution is -2.25. The van der Waals surface area contributed by atoms with Crippen LogP contribution in [0, 0.1) is 13.8 Å². The van der Waals surface area contributed by atoms with Gasteiger partial charge in [0.2, 0.25) is 5.75 Å². The van der Waals surface area contributed by atoms with E-state index >= 15 is 0 Å². The fourth-order valence-electron chi connectivity index (χ4n) is 2.65. The van der Waals surface area contributed by atoms with Crippen molar-refractivity contribution in [1.82, 2.24) is 15.1 Å². The van der Waals surface area contributed by atoms with Crippen molar-refractivity contribution >= 4 is 5.91 Å². The topological polar surface area (TPSA) is 74.6 Å². The predicted octanol–water partition coefficient (Wildman–Crippen LogP) is 2.35. The number of methoxy groups -OCH3 is 3. The number of carbonyl (C=O) groups excluding carboxylic acids is 1. The molecule has 0 radical (unpaired) electrons. The van der Waals surface area contributed by atoms with E-state index in [4.69, 9.17) is 14.2 Å². The summed E-state index contributed by atoms with van der Waals surface area (Å²) in [6.45, 7) is 5.30. The van der Waals surface area contributed by atoms with E-state index in [9.17, 15) is 4.79 Å². The molecule has 0 bridgehead atoms. The number of carbonyl (C=O) groups is 1. The summed E-state index contributed by atoms with van der Waals surface area (Å²) in [5.41, 5.74) is 2.58. The van der Waals surface area contributed by atoms with Crippen molar-refractivity contribution in [3.05, 3.63) is 35.2 Å². The van der Waals surface area contributed by atoms with Crippen molar-refractivity contribution in [1.29, 1.82) is 0 Å². The highest BCUT2D eigenvalue weighted by Crippen LogP contribution is 2.38. The molecule has 1 aromatic heterocycles. The van der Waals surface area contributed by atoms with E-state index in [-0.39, 0.29) is 5.91 Å². The van der Waals surface area contributed by atoms with Crippen molar-refractivity contribution in [3.63, 3.8) is 0 Å². The number of nitrogens with zero attached hydrogens (tertiary/aromatic N) is 2. The Balaban J connectivity index is 1.97. The Morgan fingerprint density at radius 2 is 1.72 bits per heavy atom. The third kappa shape index (κ3) is 4.43. The second kappa shape index (κ2) is 8.41. The average molecular weight is 347 g/mol. The zero-order chi connectivity index (χ0) is 18.4. The van der Waals surface area contributed by atoms with Crippen molar-refractivity contribution in [2.75, 3.05) is 27.9 Å². The number of ether oxygens (including phenoxy) is 3. The third-order valence-corrected chi connectivity index (χ3v) is 3.86. The molecule has 2 rings (SSSR count). The molecule has 0 saturated heterocycles. The van der Waals surface area contributed by atoms with Crippen LogP contribution >= 0.6 is 0 Å². The lowest BCUT2D eigenvalue weighted by molar-refractivity contribution is 0.0951. The number of benzene rings is 1. The molecule has 1 amide bonds. The number of nitrogens with one attached hydrogen (secondary N) is 1. The Labute approximate surface area is 147 Å². The number of aryl methyl sites for hydroxylation is 3. The van der Waals surface area contributed by atoms with Crippen LogP contribution in [0.5, 0.6) is 17.2 Å². The second-order valence-electron chi connectivity index (χ2n) is 5.67. The van der Waals surface area contributed by atoms with Gasteiger partial charge in [0.15, 0.2) is 11.5 Å². The molecule has 1 N–H and O–H groups in total. The van der Waals surface area contributed by atoms with Crippen molar-refractivity contribution in [3.8, 4) is 17.2 Å². The number of amides is 1. The van der Waals surface area contributed by atoms with Gasteiger partial charge in [0, 0.05) is 24.3 Å². The van der Waals surface area contributed by atoms with Gasteiger partial charge in [-0.05, 0) is 38.5 Å². The van der Waals surface area contributed by atoms with E-state index in [0.717, 1.165) is 24.4 Å². The highest BCUT2D eigenvalue weighted by molar-refractivity contribution is 5.95. The second-order valence-corrected chi connectivity index (χ2v) is 5.67. The number of aromatic nitrogens is 2. The zero-order valence-corrected chi connectivity index (χ0v) is 15.4. The lowest BCUT2D eigenvalue weighted by atomic mass is 10.1. The first-order valence-corrected chi connectivity index (χ1v) is 8.09. The van der Waals surface area contributed by atoms with E-state index in [1.54, 1.807) is 12.1 Å². The van der Waals surface area contributed by atoms with Gasteiger partial charge in [-0.15, -0.1) is 0 Å². The molecule has 7 nitrogen and oxygen atoms in total. The van der Waals surface area contributed by atoms with Gasteiger partial charge >= 0.3 is 0 Å². The summed E-state index contributed by atoms with van der Waals surface area (Å²) >= 11 is 0. The molecule has 0 fully saturated rings. The van der Waals surface area contributed by atoms with Gasteiger partial charge in [0.05, 0.1) is 27.0 Å². The molecular formula is C18H25N3O4. The summed E-state index contributed by atoms with van der Waals surface area (Å²) in [4.78, 5) is 12.4. The molecule has 0 aliphatic heterocycles. The summed E-state index contributed by atoms with van der Waals surface area (Å²) in [6, 6.07) is 5.31. The van der Waals surface area contributed by atoms with Gasteiger partial charge in [0.25, 0.3) is 5.91 Å². The van der Waals surface area contributed by atoms with Crippen LogP contribution in [0.15, 0.2) is 18.2 Å². The third-order valence-electron chi connectivity index (χ3n) is 3.86. The van der Waals surface area contributed by atoms with E-state index in [2.05, 4.69) is 10.4 Å². The SMILES string of the molecule is COc1cc(C(=O)NCCCn2nc(C)cc2C)cc(OC)c1OC. The number of rotatable bonds is 8. The first-order valence-electron chi connectivity index (χ1n) is 8.09. The highest BCUT2D eigenvalue weighted by Gasteiger charge is 2.16. The summed E-state index contributed by atoms with van der Waals surface area (Å²) in [7, 11) is 4.57. The monoisotopic (exact) mass is 347 g/mol. The first-order chi connectivity index (χ1) is 12.0. The van der Waals surface area contributed by atoms with E-state index in [0.29, 0.717) is 29.4 Å². The average Bonchev–Trinajstić information content (AvgIpc) is 2.94. The maximum absolute atomic E-state index is 12.4. The first kappa shape index (κ1) is 18.6. The number of hydrogen-bond donors (Lipinski definition) is 1. The van der Waals surface area contributed by atoms with Crippen LogP contribution in [0.1, 0.15) is 28.2 Å². The van der Waals surface area contributed by atoms with Crippen LogP contribution in [0.25, 0.3) is 0 Å². The minimum absolute atomic E-state index is 0.187. The standard InChI is InChI=1S/C18H25N3O4/c1-12-9-13(2)21(20-12)8-6-7-19-18(22)14-10-15(23-3)17(25-5)16(11-14)24-4/h9-11H,6-8H2,1-5H3,(H,19,22). The quantitative estimate of drug-likeness (QED) is 0.742. The normalized spacial score (nSPS) is 10.4. The molecule has 0 atom stereocenters. The number of hydrogen-bond acceptors (Lipinski definition) is 5. The fraction of sp³-hybridized carbons (Fsp3) is 0.444. The predicted molar refractivity (Wildman–Crippen MR) is 94.7 cm³/mol. The fourth-order valence-corrected chi connectivity index (χ4v) is 2.65. The van der Waals surface area contributed by atoms with Crippen LogP contribution in [-0.2, 0) is 6.54 Å². The molecule has 0 aliphatic rings. The summed E-state index contributed by atoms with van der Waals surface area (Å²) in [5.74, 6) is 1.18. The Bertz CT molecular complexity index is 715.